The highest BCUT2D eigenvalue weighted by Crippen LogP contribution is 2.22. The molecule has 1 aliphatic heterocycles. The maximum absolute atomic E-state index is 13.6. The van der Waals surface area contributed by atoms with Crippen LogP contribution in [0.2, 0.25) is 0 Å². The van der Waals surface area contributed by atoms with Crippen molar-refractivity contribution >= 4 is 5.91 Å². The van der Waals surface area contributed by atoms with Gasteiger partial charge in [-0.2, -0.15) is 0 Å². The van der Waals surface area contributed by atoms with Crippen molar-refractivity contribution in [3.8, 4) is 5.75 Å². The number of nitrogens with one attached hydrogen (secondary N) is 1. The fraction of sp³-hybridized carbons (Fsp3) is 0.400. The lowest BCUT2D eigenvalue weighted by Gasteiger charge is -2.31. The van der Waals surface area contributed by atoms with Gasteiger partial charge in [-0.05, 0) is 56.1 Å². The Morgan fingerprint density at radius 2 is 2.07 bits per heavy atom. The summed E-state index contributed by atoms with van der Waals surface area (Å²) in [4.78, 5) is 18.2. The van der Waals surface area contributed by atoms with E-state index in [-0.39, 0.29) is 11.7 Å². The minimum Gasteiger partial charge on any atom is -0.490 e. The topological polar surface area (TPSA) is 54.5 Å². The van der Waals surface area contributed by atoms with Gasteiger partial charge in [0.2, 0.25) is 0 Å². The Balaban J connectivity index is 1.33. The van der Waals surface area contributed by atoms with E-state index in [4.69, 9.17) is 4.74 Å². The fourth-order valence-electron chi connectivity index (χ4n) is 3.10. The molecule has 1 aromatic carbocycles. The van der Waals surface area contributed by atoms with Crippen LogP contribution < -0.4 is 10.1 Å². The summed E-state index contributed by atoms with van der Waals surface area (Å²) in [7, 11) is 0. The molecule has 1 N–H and O–H groups in total. The summed E-state index contributed by atoms with van der Waals surface area (Å²) >= 11 is 0. The number of aromatic nitrogens is 1. The van der Waals surface area contributed by atoms with Crippen molar-refractivity contribution in [2.45, 2.75) is 12.8 Å². The SMILES string of the molecule is O=C(NCCN1CCC(COc2ccc(F)cc2F)CC1)c1cccnc1. The Hall–Kier alpha value is -2.54. The van der Waals surface area contributed by atoms with E-state index >= 15 is 0 Å². The van der Waals surface area contributed by atoms with Crippen molar-refractivity contribution in [1.29, 1.82) is 0 Å². The Morgan fingerprint density at radius 1 is 1.26 bits per heavy atom. The molecule has 1 saturated heterocycles. The van der Waals surface area contributed by atoms with Crippen molar-refractivity contribution in [1.82, 2.24) is 15.2 Å². The molecule has 0 unspecified atom stereocenters. The van der Waals surface area contributed by atoms with Crippen LogP contribution in [0.5, 0.6) is 5.75 Å². The predicted molar refractivity (Wildman–Crippen MR) is 97.6 cm³/mol. The summed E-state index contributed by atoms with van der Waals surface area (Å²) in [6, 6.07) is 6.82. The Kier molecular flexibility index (Phi) is 6.70. The molecule has 7 heteroatoms. The van der Waals surface area contributed by atoms with Crippen LogP contribution in [-0.2, 0) is 0 Å². The number of piperidine rings is 1. The minimum atomic E-state index is -0.670. The van der Waals surface area contributed by atoms with Gasteiger partial charge >= 0.3 is 0 Å². The molecule has 0 saturated carbocycles. The number of carbonyl (C=O) groups is 1. The molecule has 5 nitrogen and oxygen atoms in total. The normalized spacial score (nSPS) is 15.5. The Labute approximate surface area is 157 Å². The van der Waals surface area contributed by atoms with Crippen LogP contribution in [0.1, 0.15) is 23.2 Å². The molecule has 0 spiro atoms. The van der Waals surface area contributed by atoms with E-state index in [2.05, 4.69) is 15.2 Å². The van der Waals surface area contributed by atoms with Crippen LogP contribution in [0.15, 0.2) is 42.7 Å². The van der Waals surface area contributed by atoms with Crippen LogP contribution in [0.25, 0.3) is 0 Å². The van der Waals surface area contributed by atoms with Gasteiger partial charge in [-0.15, -0.1) is 0 Å². The van der Waals surface area contributed by atoms with Crippen molar-refractivity contribution < 1.29 is 18.3 Å². The molecule has 3 rings (SSSR count). The molecule has 0 bridgehead atoms. The summed E-state index contributed by atoms with van der Waals surface area (Å²) in [5.74, 6) is -0.957. The smallest absolute Gasteiger partial charge is 0.252 e. The second-order valence-electron chi connectivity index (χ2n) is 6.67. The summed E-state index contributed by atoms with van der Waals surface area (Å²) < 4.78 is 32.0. The first kappa shape index (κ1) is 19.2. The third kappa shape index (κ3) is 5.72. The summed E-state index contributed by atoms with van der Waals surface area (Å²) in [6.45, 7) is 3.60. The second kappa shape index (κ2) is 9.41. The second-order valence-corrected chi connectivity index (χ2v) is 6.67. The molecule has 27 heavy (non-hydrogen) atoms. The quantitative estimate of drug-likeness (QED) is 0.809. The molecule has 1 aliphatic rings. The van der Waals surface area contributed by atoms with Crippen LogP contribution >= 0.6 is 0 Å². The number of rotatable bonds is 7. The molecule has 2 aromatic rings. The van der Waals surface area contributed by atoms with Gasteiger partial charge in [0.05, 0.1) is 12.2 Å². The maximum atomic E-state index is 13.6. The monoisotopic (exact) mass is 375 g/mol. The van der Waals surface area contributed by atoms with Crippen LogP contribution in [0, 0.1) is 17.6 Å². The van der Waals surface area contributed by atoms with Gasteiger partial charge < -0.3 is 15.0 Å². The average Bonchev–Trinajstić information content (AvgIpc) is 2.69. The van der Waals surface area contributed by atoms with E-state index in [1.54, 1.807) is 24.5 Å². The lowest BCUT2D eigenvalue weighted by Crippen LogP contribution is -2.40. The number of nitrogens with zero attached hydrogens (tertiary/aromatic N) is 2. The van der Waals surface area contributed by atoms with Gasteiger partial charge in [-0.3, -0.25) is 9.78 Å². The maximum Gasteiger partial charge on any atom is 0.252 e. The molecular formula is C20H23F2N3O2. The number of benzene rings is 1. The first-order valence-electron chi connectivity index (χ1n) is 9.10. The van der Waals surface area contributed by atoms with Crippen molar-refractivity contribution in [3.63, 3.8) is 0 Å². The van der Waals surface area contributed by atoms with Gasteiger partial charge in [0, 0.05) is 31.5 Å². The minimum absolute atomic E-state index is 0.0944. The predicted octanol–water partition coefficient (Wildman–Crippen LogP) is 2.88. The lowest BCUT2D eigenvalue weighted by molar-refractivity contribution is 0.0939. The molecule has 0 aliphatic carbocycles. The van der Waals surface area contributed by atoms with E-state index in [9.17, 15) is 13.6 Å². The zero-order valence-corrected chi connectivity index (χ0v) is 15.0. The molecule has 1 amide bonds. The van der Waals surface area contributed by atoms with Crippen LogP contribution in [0.4, 0.5) is 8.78 Å². The van der Waals surface area contributed by atoms with E-state index in [1.165, 1.54) is 12.1 Å². The lowest BCUT2D eigenvalue weighted by atomic mass is 9.98. The van der Waals surface area contributed by atoms with Crippen molar-refractivity contribution in [2.75, 3.05) is 32.8 Å². The third-order valence-corrected chi connectivity index (χ3v) is 4.71. The van der Waals surface area contributed by atoms with Crippen molar-refractivity contribution in [2.24, 2.45) is 5.92 Å². The van der Waals surface area contributed by atoms with Gasteiger partial charge in [-0.1, -0.05) is 0 Å². The zero-order chi connectivity index (χ0) is 19.1. The van der Waals surface area contributed by atoms with Crippen LogP contribution in [0.3, 0.4) is 0 Å². The van der Waals surface area contributed by atoms with Gasteiger partial charge in [0.1, 0.15) is 5.82 Å². The number of hydrogen-bond acceptors (Lipinski definition) is 4. The number of likely N-dealkylation sites (tertiary alicyclic amines) is 1. The summed E-state index contributed by atoms with van der Waals surface area (Å²) in [6.07, 6.45) is 5.07. The number of carbonyl (C=O) groups excluding carboxylic acids is 1. The number of ether oxygens (including phenoxy) is 1. The largest absolute Gasteiger partial charge is 0.490 e. The van der Waals surface area contributed by atoms with E-state index in [0.717, 1.165) is 38.5 Å². The molecule has 0 atom stereocenters. The highest BCUT2D eigenvalue weighted by atomic mass is 19.1. The molecule has 144 valence electrons. The zero-order valence-electron chi connectivity index (χ0n) is 15.0. The highest BCUT2D eigenvalue weighted by molar-refractivity contribution is 5.93. The first-order valence-corrected chi connectivity index (χ1v) is 9.10. The number of amides is 1. The van der Waals surface area contributed by atoms with Gasteiger partial charge in [-0.25, -0.2) is 8.78 Å². The number of halogens is 2. The molecule has 1 aromatic heterocycles. The van der Waals surface area contributed by atoms with E-state index in [0.29, 0.717) is 24.6 Å². The Bertz CT molecular complexity index is 750. The molecular weight excluding hydrogens is 352 g/mol. The molecule has 1 fully saturated rings. The van der Waals surface area contributed by atoms with Gasteiger partial charge in [0.25, 0.3) is 5.91 Å². The van der Waals surface area contributed by atoms with Crippen molar-refractivity contribution in [3.05, 3.63) is 59.9 Å². The first-order chi connectivity index (χ1) is 13.1. The van der Waals surface area contributed by atoms with Gasteiger partial charge in [0.15, 0.2) is 11.6 Å². The van der Waals surface area contributed by atoms with Crippen LogP contribution in [-0.4, -0.2) is 48.6 Å². The summed E-state index contributed by atoms with van der Waals surface area (Å²) in [5, 5.41) is 2.90. The standard InChI is InChI=1S/C20H23F2N3O2/c21-17-3-4-19(18(22)12-17)27-14-15-5-9-25(10-6-15)11-8-24-20(26)16-2-1-7-23-13-16/h1-4,7,12-13,15H,5-6,8-11,14H2,(H,24,26). The van der Waals surface area contributed by atoms with E-state index < -0.39 is 11.6 Å². The summed E-state index contributed by atoms with van der Waals surface area (Å²) in [5.41, 5.74) is 0.557. The Morgan fingerprint density at radius 3 is 2.78 bits per heavy atom. The number of pyridine rings is 1. The molecule has 0 radical (unpaired) electrons. The fourth-order valence-corrected chi connectivity index (χ4v) is 3.10. The highest BCUT2D eigenvalue weighted by Gasteiger charge is 2.20. The average molecular weight is 375 g/mol. The van der Waals surface area contributed by atoms with E-state index in [1.807, 2.05) is 0 Å². The number of hydrogen-bond donors (Lipinski definition) is 1. The molecule has 2 heterocycles. The third-order valence-electron chi connectivity index (χ3n) is 4.71.